The van der Waals surface area contributed by atoms with E-state index in [-0.39, 0.29) is 6.10 Å². The Labute approximate surface area is 102 Å². The van der Waals surface area contributed by atoms with Crippen LogP contribution in [0.1, 0.15) is 22.8 Å². The first-order valence-corrected chi connectivity index (χ1v) is 6.14. The van der Waals surface area contributed by atoms with Gasteiger partial charge in [-0.05, 0) is 35.4 Å². The highest BCUT2D eigenvalue weighted by Gasteiger charge is 2.30. The van der Waals surface area contributed by atoms with Gasteiger partial charge in [0, 0.05) is 0 Å². The molecule has 2 aromatic rings. The van der Waals surface area contributed by atoms with Crippen molar-refractivity contribution in [2.24, 2.45) is 5.92 Å². The van der Waals surface area contributed by atoms with Crippen LogP contribution in [0.4, 0.5) is 0 Å². The van der Waals surface area contributed by atoms with E-state index in [1.54, 1.807) is 0 Å². The zero-order valence-corrected chi connectivity index (χ0v) is 9.71. The number of rotatable bonds is 2. The lowest BCUT2D eigenvalue weighted by atomic mass is 9.95. The minimum atomic E-state index is -0.300. The summed E-state index contributed by atoms with van der Waals surface area (Å²) in [4.78, 5) is 0. The number of hydrogen-bond donors (Lipinski definition) is 1. The lowest BCUT2D eigenvalue weighted by Gasteiger charge is -2.14. The van der Waals surface area contributed by atoms with E-state index in [0.717, 1.165) is 18.4 Å². The first-order valence-electron chi connectivity index (χ1n) is 6.14. The predicted molar refractivity (Wildman–Crippen MR) is 68.7 cm³/mol. The van der Waals surface area contributed by atoms with Crippen LogP contribution in [-0.2, 0) is 12.8 Å². The molecular weight excluding hydrogens is 208 g/mol. The molecule has 2 aromatic carbocycles. The second-order valence-electron chi connectivity index (χ2n) is 4.80. The third kappa shape index (κ3) is 1.98. The third-order valence-electron chi connectivity index (χ3n) is 3.64. The van der Waals surface area contributed by atoms with Crippen LogP contribution in [0, 0.1) is 5.92 Å². The van der Waals surface area contributed by atoms with Gasteiger partial charge in [-0.15, -0.1) is 0 Å². The molecule has 3 rings (SSSR count). The van der Waals surface area contributed by atoms with Gasteiger partial charge in [0.25, 0.3) is 0 Å². The summed E-state index contributed by atoms with van der Waals surface area (Å²) in [5.74, 6) is 0.329. The maximum Gasteiger partial charge on any atom is 0.0827 e. The molecule has 17 heavy (non-hydrogen) atoms. The molecule has 0 fully saturated rings. The molecule has 2 atom stereocenters. The van der Waals surface area contributed by atoms with Crippen LogP contribution >= 0.6 is 0 Å². The summed E-state index contributed by atoms with van der Waals surface area (Å²) in [6, 6.07) is 18.7. The van der Waals surface area contributed by atoms with Crippen LogP contribution in [0.2, 0.25) is 0 Å². The highest BCUT2D eigenvalue weighted by atomic mass is 16.3. The zero-order chi connectivity index (χ0) is 11.7. The average Bonchev–Trinajstić information content (AvgIpc) is 2.68. The molecule has 1 N–H and O–H groups in total. The molecule has 0 aliphatic heterocycles. The van der Waals surface area contributed by atoms with Crippen LogP contribution in [0.15, 0.2) is 54.6 Å². The Morgan fingerprint density at radius 2 is 1.65 bits per heavy atom. The highest BCUT2D eigenvalue weighted by molar-refractivity contribution is 5.35. The van der Waals surface area contributed by atoms with Gasteiger partial charge in [0.1, 0.15) is 0 Å². The molecule has 0 spiro atoms. The summed E-state index contributed by atoms with van der Waals surface area (Å²) in [5.41, 5.74) is 3.73. The van der Waals surface area contributed by atoms with Gasteiger partial charge in [0.05, 0.1) is 6.10 Å². The summed E-state index contributed by atoms with van der Waals surface area (Å²) < 4.78 is 0. The van der Waals surface area contributed by atoms with Crippen molar-refractivity contribution in [3.8, 4) is 0 Å². The predicted octanol–water partition coefficient (Wildman–Crippen LogP) is 3.14. The quantitative estimate of drug-likeness (QED) is 0.831. The molecule has 1 heteroatoms. The minimum Gasteiger partial charge on any atom is -0.388 e. The number of aliphatic hydroxyl groups is 1. The second-order valence-corrected chi connectivity index (χ2v) is 4.80. The maximum atomic E-state index is 10.3. The van der Waals surface area contributed by atoms with Crippen LogP contribution < -0.4 is 0 Å². The number of aliphatic hydroxyl groups excluding tert-OH is 1. The van der Waals surface area contributed by atoms with Gasteiger partial charge >= 0.3 is 0 Å². The molecule has 1 aliphatic carbocycles. The summed E-state index contributed by atoms with van der Waals surface area (Å²) in [6.07, 6.45) is 1.65. The molecule has 0 saturated carbocycles. The zero-order valence-electron chi connectivity index (χ0n) is 9.71. The topological polar surface area (TPSA) is 20.2 Å². The standard InChI is InChI=1S/C16H16O/c17-16-14(10-12-6-2-1-3-7-12)11-13-8-4-5-9-15(13)16/h1-9,14,16-17H,10-11H2/t14-,16-/m0/s1. The van der Waals surface area contributed by atoms with Gasteiger partial charge in [-0.1, -0.05) is 54.6 Å². The van der Waals surface area contributed by atoms with Crippen molar-refractivity contribution < 1.29 is 5.11 Å². The Bertz CT molecular complexity index is 504. The van der Waals surface area contributed by atoms with Crippen molar-refractivity contribution in [2.45, 2.75) is 18.9 Å². The summed E-state index contributed by atoms with van der Waals surface area (Å²) in [7, 11) is 0. The second kappa shape index (κ2) is 4.34. The van der Waals surface area contributed by atoms with Crippen molar-refractivity contribution in [3.05, 3.63) is 71.3 Å². The Morgan fingerprint density at radius 1 is 0.941 bits per heavy atom. The van der Waals surface area contributed by atoms with E-state index >= 15 is 0 Å². The number of hydrogen-bond acceptors (Lipinski definition) is 1. The van der Waals surface area contributed by atoms with Crippen molar-refractivity contribution in [1.29, 1.82) is 0 Å². The number of fused-ring (bicyclic) bond motifs is 1. The van der Waals surface area contributed by atoms with Gasteiger partial charge in [-0.3, -0.25) is 0 Å². The largest absolute Gasteiger partial charge is 0.388 e. The van der Waals surface area contributed by atoms with E-state index in [4.69, 9.17) is 0 Å². The molecule has 0 amide bonds. The lowest BCUT2D eigenvalue weighted by Crippen LogP contribution is -2.10. The van der Waals surface area contributed by atoms with Crippen LogP contribution in [0.25, 0.3) is 0 Å². The number of benzene rings is 2. The maximum absolute atomic E-state index is 10.3. The van der Waals surface area contributed by atoms with E-state index in [1.165, 1.54) is 11.1 Å². The Morgan fingerprint density at radius 3 is 2.41 bits per heavy atom. The van der Waals surface area contributed by atoms with Gasteiger partial charge in [0.15, 0.2) is 0 Å². The molecule has 0 bridgehead atoms. The smallest absolute Gasteiger partial charge is 0.0827 e. The monoisotopic (exact) mass is 224 g/mol. The molecular formula is C16H16O. The van der Waals surface area contributed by atoms with Crippen LogP contribution in [0.5, 0.6) is 0 Å². The van der Waals surface area contributed by atoms with E-state index in [9.17, 15) is 5.11 Å². The minimum absolute atomic E-state index is 0.300. The first-order chi connectivity index (χ1) is 8.34. The molecule has 0 radical (unpaired) electrons. The Hall–Kier alpha value is -1.60. The molecule has 0 saturated heterocycles. The fourth-order valence-corrected chi connectivity index (χ4v) is 2.76. The molecule has 0 unspecified atom stereocenters. The summed E-state index contributed by atoms with van der Waals surface area (Å²) in [6.45, 7) is 0. The Kier molecular flexibility index (Phi) is 2.69. The van der Waals surface area contributed by atoms with Gasteiger partial charge in [-0.25, -0.2) is 0 Å². The molecule has 1 aliphatic rings. The van der Waals surface area contributed by atoms with Crippen LogP contribution in [0.3, 0.4) is 0 Å². The normalized spacial score (nSPS) is 22.4. The van der Waals surface area contributed by atoms with Gasteiger partial charge in [-0.2, -0.15) is 0 Å². The molecule has 0 aromatic heterocycles. The van der Waals surface area contributed by atoms with E-state index in [0.29, 0.717) is 5.92 Å². The van der Waals surface area contributed by atoms with E-state index < -0.39 is 0 Å². The van der Waals surface area contributed by atoms with Crippen molar-refractivity contribution in [3.63, 3.8) is 0 Å². The van der Waals surface area contributed by atoms with E-state index in [2.05, 4.69) is 36.4 Å². The van der Waals surface area contributed by atoms with Gasteiger partial charge in [0.2, 0.25) is 0 Å². The molecule has 86 valence electrons. The fourth-order valence-electron chi connectivity index (χ4n) is 2.76. The first kappa shape index (κ1) is 10.5. The average molecular weight is 224 g/mol. The summed E-state index contributed by atoms with van der Waals surface area (Å²) >= 11 is 0. The van der Waals surface area contributed by atoms with Crippen molar-refractivity contribution >= 4 is 0 Å². The molecule has 0 heterocycles. The highest BCUT2D eigenvalue weighted by Crippen LogP contribution is 2.37. The van der Waals surface area contributed by atoms with Gasteiger partial charge < -0.3 is 5.11 Å². The third-order valence-corrected chi connectivity index (χ3v) is 3.64. The summed E-state index contributed by atoms with van der Waals surface area (Å²) in [5, 5.41) is 10.3. The van der Waals surface area contributed by atoms with Crippen LogP contribution in [-0.4, -0.2) is 5.11 Å². The lowest BCUT2D eigenvalue weighted by molar-refractivity contribution is 0.123. The van der Waals surface area contributed by atoms with Crippen molar-refractivity contribution in [2.75, 3.05) is 0 Å². The Balaban J connectivity index is 1.81. The van der Waals surface area contributed by atoms with Crippen molar-refractivity contribution in [1.82, 2.24) is 0 Å². The SMILES string of the molecule is O[C@@H]1c2ccccc2C[C@@H]1Cc1ccccc1. The van der Waals surface area contributed by atoms with E-state index in [1.807, 2.05) is 18.2 Å². The fraction of sp³-hybridized carbons (Fsp3) is 0.250. The molecule has 1 nitrogen and oxygen atoms in total.